The summed E-state index contributed by atoms with van der Waals surface area (Å²) in [4.78, 5) is 120. The molecule has 1 aromatic rings. The molecule has 5 N–H and O–H groups in total. The fraction of sp³-hybridized carbons (Fsp3) is 0.736. The van der Waals surface area contributed by atoms with E-state index in [0.29, 0.717) is 43.5 Å². The third kappa shape index (κ3) is 16.3. The van der Waals surface area contributed by atoms with Crippen LogP contribution in [0.4, 0.5) is 0 Å². The molecule has 20 heteroatoms. The van der Waals surface area contributed by atoms with E-state index in [2.05, 4.69) is 16.0 Å². The molecule has 0 unspecified atom stereocenters. The zero-order valence-electron chi connectivity index (χ0n) is 45.4. The van der Waals surface area contributed by atoms with Crippen LogP contribution in [-0.2, 0) is 54.3 Å². The number of aliphatic hydroxyl groups is 2. The molecule has 3 heterocycles. The predicted molar refractivity (Wildman–Crippen MR) is 271 cm³/mol. The van der Waals surface area contributed by atoms with E-state index in [4.69, 9.17) is 14.2 Å². The van der Waals surface area contributed by atoms with Crippen LogP contribution in [0.5, 0.6) is 5.75 Å². The number of carbonyl (C=O) groups is 8. The summed E-state index contributed by atoms with van der Waals surface area (Å²) in [7, 11) is 4.70. The molecule has 0 bridgehead atoms. The number of hydrogen-bond acceptors (Lipinski definition) is 14. The largest absolute Gasteiger partial charge is 0.497 e. The van der Waals surface area contributed by atoms with Crippen LogP contribution < -0.4 is 20.7 Å². The van der Waals surface area contributed by atoms with Gasteiger partial charge in [0.25, 0.3) is 11.8 Å². The summed E-state index contributed by atoms with van der Waals surface area (Å²) < 4.78 is 17.2. The fourth-order valence-corrected chi connectivity index (χ4v) is 10.1. The van der Waals surface area contributed by atoms with Gasteiger partial charge in [-0.15, -0.1) is 0 Å². The average Bonchev–Trinajstić information content (AvgIpc) is 4.01. The first-order valence-electron chi connectivity index (χ1n) is 26.1. The fourth-order valence-electron chi connectivity index (χ4n) is 10.1. The van der Waals surface area contributed by atoms with Gasteiger partial charge in [0.05, 0.1) is 31.7 Å². The van der Waals surface area contributed by atoms with E-state index in [1.807, 2.05) is 27.7 Å². The topological polar surface area (TPSA) is 254 Å². The Morgan fingerprint density at radius 2 is 1.51 bits per heavy atom. The van der Waals surface area contributed by atoms with Gasteiger partial charge in [-0.05, 0) is 101 Å². The molecule has 1 aromatic carbocycles. The molecule has 20 nitrogen and oxygen atoms in total. The van der Waals surface area contributed by atoms with Gasteiger partial charge >= 0.3 is 11.9 Å². The summed E-state index contributed by atoms with van der Waals surface area (Å²) in [5.41, 5.74) is 0.628. The second kappa shape index (κ2) is 27.3. The second-order valence-electron chi connectivity index (χ2n) is 21.8. The van der Waals surface area contributed by atoms with Gasteiger partial charge in [0.1, 0.15) is 42.1 Å². The lowest BCUT2D eigenvalue weighted by Gasteiger charge is -2.36. The van der Waals surface area contributed by atoms with E-state index < -0.39 is 126 Å². The van der Waals surface area contributed by atoms with E-state index in [-0.39, 0.29) is 50.2 Å². The zero-order valence-corrected chi connectivity index (χ0v) is 45.4. The molecule has 0 aliphatic carbocycles. The molecular weight excluding hydrogens is 943 g/mol. The molecule has 73 heavy (non-hydrogen) atoms. The molecule has 0 spiro atoms. The van der Waals surface area contributed by atoms with Crippen LogP contribution in [0, 0.1) is 23.7 Å². The maximum Gasteiger partial charge on any atom is 0.329 e. The van der Waals surface area contributed by atoms with Gasteiger partial charge in [0.2, 0.25) is 23.6 Å². The monoisotopic (exact) mass is 1030 g/mol. The number of esters is 2. The smallest absolute Gasteiger partial charge is 0.329 e. The molecule has 11 atom stereocenters. The number of fused-ring (bicyclic) bond motifs is 1. The highest BCUT2D eigenvalue weighted by molar-refractivity contribution is 5.95. The van der Waals surface area contributed by atoms with Crippen LogP contribution in [0.1, 0.15) is 120 Å². The SMILES string of the molecule is COc1ccc(C[C@H]2C(=O)O[C@H](C)[C@H](NC(=O)[C@@H](CC(C)C)N(C)C[C@@H]3CCCN3C(=O)[C@H](C)O)C(=O)N[C@H](C(C)C)[C@@H](O)CC(=O)O[C@@H](C(C)C)C(=O)N[C@@H](CC(C)C)C(=O)N3CCC[C@H]3C(=O)N2C)cc1. The van der Waals surface area contributed by atoms with Crippen LogP contribution in [0.15, 0.2) is 24.3 Å². The van der Waals surface area contributed by atoms with Gasteiger partial charge in [0.15, 0.2) is 6.10 Å². The van der Waals surface area contributed by atoms with E-state index in [9.17, 15) is 48.6 Å². The molecule has 3 saturated heterocycles. The van der Waals surface area contributed by atoms with Crippen molar-refractivity contribution in [3.63, 3.8) is 0 Å². The Morgan fingerprint density at radius 3 is 2.08 bits per heavy atom. The lowest BCUT2D eigenvalue weighted by molar-refractivity contribution is -0.162. The molecule has 6 amide bonds. The van der Waals surface area contributed by atoms with Crippen molar-refractivity contribution >= 4 is 47.4 Å². The molecule has 4 rings (SSSR count). The number of nitrogens with zero attached hydrogens (tertiary/aromatic N) is 4. The van der Waals surface area contributed by atoms with E-state index in [1.54, 1.807) is 68.8 Å². The van der Waals surface area contributed by atoms with Crippen molar-refractivity contribution in [2.45, 2.75) is 187 Å². The van der Waals surface area contributed by atoms with Crippen LogP contribution in [0.25, 0.3) is 0 Å². The van der Waals surface area contributed by atoms with Crippen LogP contribution in [-0.4, -0.2) is 185 Å². The van der Waals surface area contributed by atoms with Gasteiger partial charge in [0, 0.05) is 39.1 Å². The Balaban J connectivity index is 1.83. The van der Waals surface area contributed by atoms with Crippen molar-refractivity contribution in [1.82, 2.24) is 35.6 Å². The van der Waals surface area contributed by atoms with Gasteiger partial charge < -0.3 is 55.1 Å². The molecule has 3 aliphatic rings. The van der Waals surface area contributed by atoms with Crippen LogP contribution in [0.2, 0.25) is 0 Å². The summed E-state index contributed by atoms with van der Waals surface area (Å²) in [5, 5.41) is 30.3. The number of rotatable bonds is 15. The summed E-state index contributed by atoms with van der Waals surface area (Å²) in [5.74, 6) is -6.16. The number of likely N-dealkylation sites (N-methyl/N-ethyl adjacent to an activating group) is 2. The number of hydrogen-bond donors (Lipinski definition) is 5. The first kappa shape index (κ1) is 60.2. The normalized spacial score (nSPS) is 27.4. The summed E-state index contributed by atoms with van der Waals surface area (Å²) in [6, 6.07) is -0.454. The van der Waals surface area contributed by atoms with Gasteiger partial charge in [-0.2, -0.15) is 0 Å². The lowest BCUT2D eigenvalue weighted by Crippen LogP contribution is -2.61. The minimum Gasteiger partial charge on any atom is -0.497 e. The van der Waals surface area contributed by atoms with Crippen molar-refractivity contribution < 1.29 is 62.8 Å². The van der Waals surface area contributed by atoms with Crippen LogP contribution in [0.3, 0.4) is 0 Å². The number of methoxy groups -OCH3 is 1. The highest BCUT2D eigenvalue weighted by Gasteiger charge is 2.44. The number of nitrogens with one attached hydrogen (secondary N) is 3. The Hall–Kier alpha value is -5.34. The highest BCUT2D eigenvalue weighted by atomic mass is 16.6. The van der Waals surface area contributed by atoms with Crippen molar-refractivity contribution in [1.29, 1.82) is 0 Å². The van der Waals surface area contributed by atoms with Crippen molar-refractivity contribution in [2.75, 3.05) is 40.8 Å². The Kier molecular flexibility index (Phi) is 22.5. The Labute approximate surface area is 431 Å². The van der Waals surface area contributed by atoms with Gasteiger partial charge in [-0.1, -0.05) is 67.5 Å². The number of benzene rings is 1. The highest BCUT2D eigenvalue weighted by Crippen LogP contribution is 2.26. The number of cyclic esters (lactones) is 2. The average molecular weight is 1030 g/mol. The van der Waals surface area contributed by atoms with Crippen LogP contribution >= 0.6 is 0 Å². The Bertz CT molecular complexity index is 2070. The third-order valence-electron chi connectivity index (χ3n) is 14.2. The standard InChI is InChI=1S/C53H85N7O13/c1-29(2)24-38-51(68)60-23-15-17-39(60)52(69)58(12)41(26-35-18-20-37(71-13)21-19-35)53(70)72-34(10)45(48(65)55-44(31(5)6)42(62)27-43(63)73-46(32(7)8)49(66)54-38)56-47(64)40(25-30(3)4)57(11)28-36-16-14-22-59(36)50(67)33(9)61/h18-21,29-34,36,38-42,44-46,61-62H,14-17,22-28H2,1-13H3,(H,54,66)(H,55,65)(H,56,64)/t33-,34+,36-,38-,39-,40+,41-,42-,44+,45-,46-/m0/s1. The summed E-state index contributed by atoms with van der Waals surface area (Å²) in [6.45, 7) is 18.2. The zero-order chi connectivity index (χ0) is 54.6. The van der Waals surface area contributed by atoms with E-state index >= 15 is 0 Å². The summed E-state index contributed by atoms with van der Waals surface area (Å²) in [6.07, 6.45) is -3.65. The number of ether oxygens (including phenoxy) is 3. The molecule has 3 aliphatic heterocycles. The number of likely N-dealkylation sites (tertiary alicyclic amines) is 1. The quantitative estimate of drug-likeness (QED) is 0.158. The third-order valence-corrected chi connectivity index (χ3v) is 14.2. The number of carbonyl (C=O) groups excluding carboxylic acids is 8. The maximum absolute atomic E-state index is 14.8. The minimum atomic E-state index is -1.61. The van der Waals surface area contributed by atoms with E-state index in [0.717, 1.165) is 0 Å². The Morgan fingerprint density at radius 1 is 0.863 bits per heavy atom. The van der Waals surface area contributed by atoms with Crippen molar-refractivity contribution in [2.24, 2.45) is 23.7 Å². The summed E-state index contributed by atoms with van der Waals surface area (Å²) >= 11 is 0. The van der Waals surface area contributed by atoms with E-state index in [1.165, 1.54) is 37.8 Å². The molecule has 0 aromatic heterocycles. The molecule has 0 radical (unpaired) electrons. The lowest BCUT2D eigenvalue weighted by atomic mass is 9.95. The van der Waals surface area contributed by atoms with Gasteiger partial charge in [-0.3, -0.25) is 38.5 Å². The van der Waals surface area contributed by atoms with Crippen molar-refractivity contribution in [3.05, 3.63) is 29.8 Å². The molecule has 0 saturated carbocycles. The first-order valence-corrected chi connectivity index (χ1v) is 26.1. The molecule has 3 fully saturated rings. The maximum atomic E-state index is 14.8. The number of aliphatic hydroxyl groups excluding tert-OH is 2. The minimum absolute atomic E-state index is 0.0234. The number of amides is 6. The molecule has 410 valence electrons. The second-order valence-corrected chi connectivity index (χ2v) is 21.8. The molecular formula is C53H85N7O13. The van der Waals surface area contributed by atoms with Crippen molar-refractivity contribution in [3.8, 4) is 5.75 Å². The van der Waals surface area contributed by atoms with Gasteiger partial charge in [-0.25, -0.2) is 4.79 Å². The first-order chi connectivity index (χ1) is 34.2. The predicted octanol–water partition coefficient (Wildman–Crippen LogP) is 2.19.